The lowest BCUT2D eigenvalue weighted by Gasteiger charge is -2.55. The van der Waals surface area contributed by atoms with Crippen molar-refractivity contribution in [2.75, 3.05) is 14.2 Å². The van der Waals surface area contributed by atoms with Gasteiger partial charge in [-0.3, -0.25) is 0 Å². The van der Waals surface area contributed by atoms with E-state index in [9.17, 15) is 4.79 Å². The highest BCUT2D eigenvalue weighted by atomic mass is 32.1. The minimum Gasteiger partial charge on any atom is -0.381 e. The van der Waals surface area contributed by atoms with E-state index in [4.69, 9.17) is 4.74 Å². The molecular formula is C15H25N3O2S. The van der Waals surface area contributed by atoms with Crippen LogP contribution in [0, 0.1) is 5.41 Å². The molecule has 0 bridgehead atoms. The summed E-state index contributed by atoms with van der Waals surface area (Å²) in [4.78, 5) is 18.2. The number of nitrogens with one attached hydrogen (secondary N) is 1. The molecule has 21 heavy (non-hydrogen) atoms. The first-order chi connectivity index (χ1) is 10.1. The molecule has 1 heterocycles. The number of urea groups is 1. The average molecular weight is 311 g/mol. The van der Waals surface area contributed by atoms with Crippen molar-refractivity contribution < 1.29 is 9.53 Å². The molecule has 0 aromatic carbocycles. The number of carbonyl (C=O) groups is 1. The molecule has 0 radical (unpaired) electrons. The van der Waals surface area contributed by atoms with E-state index in [0.717, 1.165) is 25.0 Å². The lowest BCUT2D eigenvalue weighted by atomic mass is 9.58. The summed E-state index contributed by atoms with van der Waals surface area (Å²) >= 11 is 1.55. The van der Waals surface area contributed by atoms with Crippen LogP contribution in [0.3, 0.4) is 0 Å². The standard InChI is InChI=1S/C15H25N3O2S/c1-5-15(6-2)12(7-13(15)20-4)17-14(19)18(3)8-11-9-21-10-16-11/h9-10,12-13H,5-8H2,1-4H3,(H,17,19). The molecule has 5 nitrogen and oxygen atoms in total. The van der Waals surface area contributed by atoms with Gasteiger partial charge in [0.25, 0.3) is 0 Å². The zero-order valence-corrected chi connectivity index (χ0v) is 14.1. The molecule has 1 saturated carbocycles. The van der Waals surface area contributed by atoms with E-state index in [-0.39, 0.29) is 23.6 Å². The molecule has 2 atom stereocenters. The smallest absolute Gasteiger partial charge is 0.317 e. The molecule has 6 heteroatoms. The second kappa shape index (κ2) is 6.75. The van der Waals surface area contributed by atoms with Crippen LogP contribution >= 0.6 is 11.3 Å². The third kappa shape index (κ3) is 3.06. The lowest BCUT2D eigenvalue weighted by Crippen LogP contribution is -2.65. The number of amides is 2. The Hall–Kier alpha value is -1.14. The van der Waals surface area contributed by atoms with Crippen LogP contribution < -0.4 is 5.32 Å². The van der Waals surface area contributed by atoms with Gasteiger partial charge < -0.3 is 15.0 Å². The van der Waals surface area contributed by atoms with Crippen LogP contribution in [0.1, 0.15) is 38.8 Å². The molecule has 2 rings (SSSR count). The van der Waals surface area contributed by atoms with Gasteiger partial charge in [0.05, 0.1) is 23.9 Å². The second-order valence-electron chi connectivity index (χ2n) is 5.74. The normalized spacial score (nSPS) is 23.4. The van der Waals surface area contributed by atoms with Gasteiger partial charge in [0.2, 0.25) is 0 Å². The Morgan fingerprint density at radius 3 is 2.81 bits per heavy atom. The quantitative estimate of drug-likeness (QED) is 0.879. The minimum absolute atomic E-state index is 0.0335. The second-order valence-corrected chi connectivity index (χ2v) is 6.46. The SMILES string of the molecule is CCC1(CC)C(NC(=O)N(C)Cc2cscn2)CC1OC. The van der Waals surface area contributed by atoms with Crippen LogP contribution in [0.4, 0.5) is 4.79 Å². The molecular weight excluding hydrogens is 286 g/mol. The summed E-state index contributed by atoms with van der Waals surface area (Å²) in [5, 5.41) is 5.14. The molecule has 1 aliphatic carbocycles. The molecule has 2 amide bonds. The number of thiazole rings is 1. The maximum Gasteiger partial charge on any atom is 0.317 e. The van der Waals surface area contributed by atoms with E-state index in [2.05, 4.69) is 24.1 Å². The first kappa shape index (κ1) is 16.2. The van der Waals surface area contributed by atoms with Gasteiger partial charge in [-0.15, -0.1) is 11.3 Å². The van der Waals surface area contributed by atoms with E-state index >= 15 is 0 Å². The van der Waals surface area contributed by atoms with Gasteiger partial charge in [-0.2, -0.15) is 0 Å². The molecule has 1 N–H and O–H groups in total. The van der Waals surface area contributed by atoms with Gasteiger partial charge >= 0.3 is 6.03 Å². The van der Waals surface area contributed by atoms with Crippen LogP contribution in [0.15, 0.2) is 10.9 Å². The zero-order valence-electron chi connectivity index (χ0n) is 13.3. The molecule has 1 fully saturated rings. The van der Waals surface area contributed by atoms with E-state index in [1.54, 1.807) is 35.9 Å². The third-order valence-corrected chi connectivity index (χ3v) is 5.55. The van der Waals surface area contributed by atoms with Crippen LogP contribution in [-0.2, 0) is 11.3 Å². The highest BCUT2D eigenvalue weighted by Gasteiger charge is 2.53. The summed E-state index contributed by atoms with van der Waals surface area (Å²) in [6, 6.07) is 0.164. The van der Waals surface area contributed by atoms with Crippen LogP contribution in [0.5, 0.6) is 0 Å². The zero-order chi connectivity index (χ0) is 15.5. The van der Waals surface area contributed by atoms with Crippen molar-refractivity contribution in [1.82, 2.24) is 15.2 Å². The highest BCUT2D eigenvalue weighted by Crippen LogP contribution is 2.48. The van der Waals surface area contributed by atoms with Crippen molar-refractivity contribution in [2.45, 2.75) is 51.8 Å². The summed E-state index contributed by atoms with van der Waals surface area (Å²) in [5.41, 5.74) is 2.79. The lowest BCUT2D eigenvalue weighted by molar-refractivity contribution is -0.120. The summed E-state index contributed by atoms with van der Waals surface area (Å²) in [7, 11) is 3.57. The monoisotopic (exact) mass is 311 g/mol. The summed E-state index contributed by atoms with van der Waals surface area (Å²) in [6.07, 6.45) is 3.18. The first-order valence-electron chi connectivity index (χ1n) is 7.48. The van der Waals surface area contributed by atoms with Crippen molar-refractivity contribution in [2.24, 2.45) is 5.41 Å². The molecule has 2 unspecified atom stereocenters. The number of rotatable bonds is 6. The number of hydrogen-bond acceptors (Lipinski definition) is 4. The topological polar surface area (TPSA) is 54.5 Å². The maximum absolute atomic E-state index is 12.3. The molecule has 1 aromatic heterocycles. The minimum atomic E-state index is -0.0335. The van der Waals surface area contributed by atoms with Gasteiger partial charge in [-0.1, -0.05) is 13.8 Å². The largest absolute Gasteiger partial charge is 0.381 e. The van der Waals surface area contributed by atoms with Crippen molar-refractivity contribution >= 4 is 17.4 Å². The number of ether oxygens (including phenoxy) is 1. The molecule has 1 aliphatic rings. The summed E-state index contributed by atoms with van der Waals surface area (Å²) < 4.78 is 5.57. The first-order valence-corrected chi connectivity index (χ1v) is 8.43. The fraction of sp³-hybridized carbons (Fsp3) is 0.733. The number of aromatic nitrogens is 1. The van der Waals surface area contributed by atoms with Gasteiger partial charge in [0.15, 0.2) is 0 Å². The predicted octanol–water partition coefficient (Wildman–Crippen LogP) is 2.88. The van der Waals surface area contributed by atoms with Gasteiger partial charge in [0, 0.05) is 31.0 Å². The molecule has 1 aromatic rings. The fourth-order valence-corrected chi connectivity index (χ4v) is 3.92. The van der Waals surface area contributed by atoms with Crippen LogP contribution in [-0.4, -0.2) is 42.2 Å². The van der Waals surface area contributed by atoms with Crippen molar-refractivity contribution in [3.63, 3.8) is 0 Å². The Balaban J connectivity index is 1.93. The number of carbonyl (C=O) groups excluding carboxylic acids is 1. The Morgan fingerprint density at radius 2 is 2.29 bits per heavy atom. The number of nitrogens with zero attached hydrogens (tertiary/aromatic N) is 2. The van der Waals surface area contributed by atoms with Crippen molar-refractivity contribution in [1.29, 1.82) is 0 Å². The predicted molar refractivity (Wildman–Crippen MR) is 84.3 cm³/mol. The maximum atomic E-state index is 12.3. The van der Waals surface area contributed by atoms with Crippen molar-refractivity contribution in [3.8, 4) is 0 Å². The van der Waals surface area contributed by atoms with E-state index in [1.807, 2.05) is 5.38 Å². The van der Waals surface area contributed by atoms with Gasteiger partial charge in [-0.25, -0.2) is 9.78 Å². The molecule has 0 saturated heterocycles. The van der Waals surface area contributed by atoms with E-state index in [0.29, 0.717) is 6.54 Å². The van der Waals surface area contributed by atoms with E-state index in [1.165, 1.54) is 0 Å². The van der Waals surface area contributed by atoms with Crippen molar-refractivity contribution in [3.05, 3.63) is 16.6 Å². The number of methoxy groups -OCH3 is 1. The van der Waals surface area contributed by atoms with Gasteiger partial charge in [0.1, 0.15) is 0 Å². The Labute approximate surface area is 130 Å². The fourth-order valence-electron chi connectivity index (χ4n) is 3.37. The number of hydrogen-bond donors (Lipinski definition) is 1. The Bertz CT molecular complexity index is 459. The summed E-state index contributed by atoms with van der Waals surface area (Å²) in [6.45, 7) is 4.89. The van der Waals surface area contributed by atoms with Crippen LogP contribution in [0.2, 0.25) is 0 Å². The highest BCUT2D eigenvalue weighted by molar-refractivity contribution is 7.07. The van der Waals surface area contributed by atoms with E-state index < -0.39 is 0 Å². The molecule has 118 valence electrons. The molecule has 0 spiro atoms. The Kier molecular flexibility index (Phi) is 5.22. The van der Waals surface area contributed by atoms with Crippen LogP contribution in [0.25, 0.3) is 0 Å². The Morgan fingerprint density at radius 1 is 1.57 bits per heavy atom. The third-order valence-electron chi connectivity index (χ3n) is 4.91. The summed E-state index contributed by atoms with van der Waals surface area (Å²) in [5.74, 6) is 0. The average Bonchev–Trinajstić information content (AvgIpc) is 2.97. The van der Waals surface area contributed by atoms with Gasteiger partial charge in [-0.05, 0) is 19.3 Å². The molecule has 0 aliphatic heterocycles.